The number of nitrogens with two attached hydrogens (primary N) is 1. The molecular weight excluding hydrogens is 252 g/mol. The minimum Gasteiger partial charge on any atom is -0.467 e. The molecule has 0 saturated carbocycles. The summed E-state index contributed by atoms with van der Waals surface area (Å²) < 4.78 is 10.4. The van der Waals surface area contributed by atoms with E-state index in [9.17, 15) is 4.79 Å². The fraction of sp³-hybridized carbons (Fsp3) is 0.500. The number of amides is 1. The first-order chi connectivity index (χ1) is 8.59. The molecule has 0 bridgehead atoms. The Bertz CT molecular complexity index is 379. The highest BCUT2D eigenvalue weighted by Crippen LogP contribution is 2.02. The van der Waals surface area contributed by atoms with Gasteiger partial charge in [-0.15, -0.1) is 0 Å². The summed E-state index contributed by atoms with van der Waals surface area (Å²) in [5.41, 5.74) is 5.38. The third-order valence-electron chi connectivity index (χ3n) is 2.40. The molecule has 0 aliphatic carbocycles. The first-order valence-electron chi connectivity index (χ1n) is 5.72. The molecule has 0 aliphatic rings. The molecule has 5 nitrogen and oxygen atoms in total. The van der Waals surface area contributed by atoms with E-state index in [1.807, 2.05) is 6.07 Å². The van der Waals surface area contributed by atoms with Gasteiger partial charge >= 0.3 is 0 Å². The maximum Gasteiger partial charge on any atom is 0.224 e. The van der Waals surface area contributed by atoms with Crippen LogP contribution in [-0.2, 0) is 16.1 Å². The topological polar surface area (TPSA) is 68.7 Å². The zero-order valence-electron chi connectivity index (χ0n) is 10.4. The van der Waals surface area contributed by atoms with Gasteiger partial charge in [-0.2, -0.15) is 0 Å². The SMILES string of the molecule is CN(CCC(N)=S)C(=O)CCOCc1ccco1. The van der Waals surface area contributed by atoms with Crippen LogP contribution in [0.25, 0.3) is 0 Å². The second-order valence-corrected chi connectivity index (χ2v) is 4.44. The summed E-state index contributed by atoms with van der Waals surface area (Å²) in [5, 5.41) is 0. The van der Waals surface area contributed by atoms with Crippen LogP contribution >= 0.6 is 12.2 Å². The summed E-state index contributed by atoms with van der Waals surface area (Å²) in [7, 11) is 1.73. The molecule has 0 unspecified atom stereocenters. The van der Waals surface area contributed by atoms with Gasteiger partial charge in [0, 0.05) is 20.0 Å². The summed E-state index contributed by atoms with van der Waals surface area (Å²) in [4.78, 5) is 13.7. The zero-order chi connectivity index (χ0) is 13.4. The predicted molar refractivity (Wildman–Crippen MR) is 72.0 cm³/mol. The lowest BCUT2D eigenvalue weighted by Gasteiger charge is -2.16. The highest BCUT2D eigenvalue weighted by molar-refractivity contribution is 7.80. The molecule has 0 aliphatic heterocycles. The third-order valence-corrected chi connectivity index (χ3v) is 2.61. The molecule has 1 aromatic rings. The largest absolute Gasteiger partial charge is 0.467 e. The molecule has 6 heteroatoms. The van der Waals surface area contributed by atoms with Gasteiger partial charge in [-0.05, 0) is 12.1 Å². The minimum atomic E-state index is 0.0192. The summed E-state index contributed by atoms with van der Waals surface area (Å²) >= 11 is 4.76. The minimum absolute atomic E-state index is 0.0192. The van der Waals surface area contributed by atoms with Gasteiger partial charge in [-0.25, -0.2) is 0 Å². The molecule has 2 N–H and O–H groups in total. The van der Waals surface area contributed by atoms with Crippen molar-refractivity contribution in [2.75, 3.05) is 20.2 Å². The number of rotatable bonds is 8. The van der Waals surface area contributed by atoms with Crippen molar-refractivity contribution in [3.63, 3.8) is 0 Å². The maximum absolute atomic E-state index is 11.7. The first-order valence-corrected chi connectivity index (χ1v) is 6.13. The van der Waals surface area contributed by atoms with Gasteiger partial charge in [0.2, 0.25) is 5.91 Å². The number of ether oxygens (including phenoxy) is 1. The summed E-state index contributed by atoms with van der Waals surface area (Å²) in [5.74, 6) is 0.773. The van der Waals surface area contributed by atoms with Gasteiger partial charge in [-0.1, -0.05) is 12.2 Å². The van der Waals surface area contributed by atoms with Crippen LogP contribution in [0.1, 0.15) is 18.6 Å². The third kappa shape index (κ3) is 5.79. The van der Waals surface area contributed by atoms with Crippen molar-refractivity contribution >= 4 is 23.1 Å². The molecule has 18 heavy (non-hydrogen) atoms. The molecular formula is C12H18N2O3S. The highest BCUT2D eigenvalue weighted by atomic mass is 32.1. The lowest BCUT2D eigenvalue weighted by atomic mass is 10.3. The molecule has 0 radical (unpaired) electrons. The number of nitrogens with zero attached hydrogens (tertiary/aromatic N) is 1. The van der Waals surface area contributed by atoms with Crippen LogP contribution in [0.4, 0.5) is 0 Å². The smallest absolute Gasteiger partial charge is 0.224 e. The lowest BCUT2D eigenvalue weighted by Crippen LogP contribution is -2.30. The molecule has 0 saturated heterocycles. The number of hydrogen-bond donors (Lipinski definition) is 1. The Morgan fingerprint density at radius 1 is 1.56 bits per heavy atom. The van der Waals surface area contributed by atoms with Crippen LogP contribution in [0.2, 0.25) is 0 Å². The lowest BCUT2D eigenvalue weighted by molar-refractivity contribution is -0.131. The first kappa shape index (κ1) is 14.7. The molecule has 0 spiro atoms. The van der Waals surface area contributed by atoms with E-state index in [1.165, 1.54) is 0 Å². The van der Waals surface area contributed by atoms with Crippen molar-refractivity contribution in [3.8, 4) is 0 Å². The Kier molecular flexibility index (Phi) is 6.38. The molecule has 1 amide bonds. The van der Waals surface area contributed by atoms with Crippen LogP contribution in [0.15, 0.2) is 22.8 Å². The van der Waals surface area contributed by atoms with E-state index in [0.29, 0.717) is 37.6 Å². The van der Waals surface area contributed by atoms with Gasteiger partial charge in [0.05, 0.1) is 24.3 Å². The van der Waals surface area contributed by atoms with Crippen LogP contribution in [-0.4, -0.2) is 36.0 Å². The monoisotopic (exact) mass is 270 g/mol. The van der Waals surface area contributed by atoms with E-state index >= 15 is 0 Å². The molecule has 0 atom stereocenters. The molecule has 1 aromatic heterocycles. The van der Waals surface area contributed by atoms with Crippen LogP contribution < -0.4 is 5.73 Å². The fourth-order valence-electron chi connectivity index (χ4n) is 1.32. The second kappa shape index (κ2) is 7.84. The molecule has 0 aromatic carbocycles. The van der Waals surface area contributed by atoms with Crippen LogP contribution in [0.5, 0.6) is 0 Å². The van der Waals surface area contributed by atoms with Gasteiger partial charge in [0.1, 0.15) is 12.4 Å². The van der Waals surface area contributed by atoms with Gasteiger partial charge in [0.15, 0.2) is 0 Å². The van der Waals surface area contributed by atoms with E-state index < -0.39 is 0 Å². The average Bonchev–Trinajstić information content (AvgIpc) is 2.84. The van der Waals surface area contributed by atoms with E-state index in [2.05, 4.69) is 0 Å². The molecule has 0 fully saturated rings. The van der Waals surface area contributed by atoms with E-state index in [-0.39, 0.29) is 5.91 Å². The molecule has 100 valence electrons. The second-order valence-electron chi connectivity index (χ2n) is 3.91. The van der Waals surface area contributed by atoms with Gasteiger partial charge < -0.3 is 19.8 Å². The van der Waals surface area contributed by atoms with Gasteiger partial charge in [0.25, 0.3) is 0 Å². The Hall–Kier alpha value is -1.40. The Morgan fingerprint density at radius 3 is 2.94 bits per heavy atom. The van der Waals surface area contributed by atoms with Crippen molar-refractivity contribution in [1.29, 1.82) is 0 Å². The number of thiocarbonyl (C=S) groups is 1. The summed E-state index contributed by atoms with van der Waals surface area (Å²) in [6.45, 7) is 1.31. The van der Waals surface area contributed by atoms with Crippen LogP contribution in [0, 0.1) is 0 Å². The zero-order valence-corrected chi connectivity index (χ0v) is 11.2. The normalized spacial score (nSPS) is 10.3. The quantitative estimate of drug-likeness (QED) is 0.570. The average molecular weight is 270 g/mol. The number of furan rings is 1. The summed E-state index contributed by atoms with van der Waals surface area (Å²) in [6, 6.07) is 3.63. The van der Waals surface area contributed by atoms with Gasteiger partial charge in [-0.3, -0.25) is 4.79 Å². The number of hydrogen-bond acceptors (Lipinski definition) is 4. The van der Waals surface area contributed by atoms with Crippen molar-refractivity contribution < 1.29 is 13.9 Å². The highest BCUT2D eigenvalue weighted by Gasteiger charge is 2.08. The van der Waals surface area contributed by atoms with Crippen molar-refractivity contribution in [2.45, 2.75) is 19.4 Å². The Balaban J connectivity index is 2.10. The standard InChI is InChI=1S/C12H18N2O3S/c1-14(6-4-11(13)18)12(15)5-8-16-9-10-3-2-7-17-10/h2-3,7H,4-6,8-9H2,1H3,(H2,13,18). The van der Waals surface area contributed by atoms with Crippen molar-refractivity contribution in [3.05, 3.63) is 24.2 Å². The molecule has 1 heterocycles. The Labute approximate surface area is 112 Å². The number of carbonyl (C=O) groups excluding carboxylic acids is 1. The molecule has 1 rings (SSSR count). The number of carbonyl (C=O) groups is 1. The van der Waals surface area contributed by atoms with Crippen molar-refractivity contribution in [1.82, 2.24) is 4.90 Å². The fourth-order valence-corrected chi connectivity index (χ4v) is 1.41. The van der Waals surface area contributed by atoms with Crippen molar-refractivity contribution in [2.24, 2.45) is 5.73 Å². The summed E-state index contributed by atoms with van der Waals surface area (Å²) in [6.07, 6.45) is 2.48. The van der Waals surface area contributed by atoms with E-state index in [4.69, 9.17) is 27.1 Å². The van der Waals surface area contributed by atoms with E-state index in [1.54, 1.807) is 24.3 Å². The maximum atomic E-state index is 11.7. The van der Waals surface area contributed by atoms with E-state index in [0.717, 1.165) is 5.76 Å². The Morgan fingerprint density at radius 2 is 2.33 bits per heavy atom. The predicted octanol–water partition coefficient (Wildman–Crippen LogP) is 1.32. The van der Waals surface area contributed by atoms with Crippen LogP contribution in [0.3, 0.4) is 0 Å².